The van der Waals surface area contributed by atoms with E-state index in [2.05, 4.69) is 4.99 Å². The first-order valence-electron chi connectivity index (χ1n) is 9.09. The summed E-state index contributed by atoms with van der Waals surface area (Å²) in [5.41, 5.74) is 1.21. The van der Waals surface area contributed by atoms with Gasteiger partial charge in [0, 0.05) is 20.5 Å². The summed E-state index contributed by atoms with van der Waals surface area (Å²) in [4.78, 5) is 32.0. The molecule has 154 valence electrons. The van der Waals surface area contributed by atoms with E-state index in [0.717, 1.165) is 4.88 Å². The average Bonchev–Trinajstić information content (AvgIpc) is 3.33. The van der Waals surface area contributed by atoms with Crippen LogP contribution < -0.4 is 14.9 Å². The molecule has 0 saturated heterocycles. The Morgan fingerprint density at radius 2 is 2.00 bits per heavy atom. The highest BCUT2D eigenvalue weighted by molar-refractivity contribution is 7.10. The molecule has 1 unspecified atom stereocenters. The molecule has 3 aromatic rings. The van der Waals surface area contributed by atoms with Gasteiger partial charge in [-0.2, -0.15) is 0 Å². The molecule has 0 fully saturated rings. The molecule has 5 nitrogen and oxygen atoms in total. The molecule has 0 spiro atoms. The molecule has 2 aromatic heterocycles. The number of benzene rings is 1. The summed E-state index contributed by atoms with van der Waals surface area (Å²) in [6.45, 7) is 3.74. The summed E-state index contributed by atoms with van der Waals surface area (Å²) in [7, 11) is 0. The van der Waals surface area contributed by atoms with Crippen LogP contribution in [0.2, 0.25) is 10.0 Å². The van der Waals surface area contributed by atoms with Crippen molar-refractivity contribution in [2.45, 2.75) is 19.9 Å². The highest BCUT2D eigenvalue weighted by Crippen LogP contribution is 2.33. The molecule has 0 amide bonds. The number of carbonyl (C=O) groups excluding carboxylic acids is 1. The van der Waals surface area contributed by atoms with Crippen LogP contribution >= 0.6 is 45.9 Å². The second-order valence-electron chi connectivity index (χ2n) is 6.45. The zero-order valence-electron chi connectivity index (χ0n) is 16.0. The Morgan fingerprint density at radius 1 is 1.27 bits per heavy atom. The molecule has 0 aliphatic carbocycles. The maximum absolute atomic E-state index is 13.4. The first-order chi connectivity index (χ1) is 14.4. The van der Waals surface area contributed by atoms with Gasteiger partial charge in [-0.3, -0.25) is 9.36 Å². The zero-order chi connectivity index (χ0) is 21.4. The molecule has 3 heterocycles. The third kappa shape index (κ3) is 3.67. The SMILES string of the molecule is CCOC(=O)C1=C(C)N=c2sc(=Cc3c(Cl)cccc3Cl)c(=O)n2C1c1cccs1. The van der Waals surface area contributed by atoms with Crippen molar-refractivity contribution in [3.05, 3.63) is 87.2 Å². The van der Waals surface area contributed by atoms with E-state index in [9.17, 15) is 9.59 Å². The van der Waals surface area contributed by atoms with Crippen LogP contribution in [-0.2, 0) is 9.53 Å². The van der Waals surface area contributed by atoms with Crippen LogP contribution in [0.15, 0.2) is 56.8 Å². The van der Waals surface area contributed by atoms with Gasteiger partial charge in [-0.15, -0.1) is 11.3 Å². The van der Waals surface area contributed by atoms with Gasteiger partial charge in [0.2, 0.25) is 0 Å². The second-order valence-corrected chi connectivity index (χ2v) is 9.26. The van der Waals surface area contributed by atoms with E-state index in [0.29, 0.717) is 36.2 Å². The van der Waals surface area contributed by atoms with E-state index in [4.69, 9.17) is 27.9 Å². The Kier molecular flexibility index (Phi) is 5.97. The monoisotopic (exact) mass is 478 g/mol. The van der Waals surface area contributed by atoms with E-state index in [1.54, 1.807) is 42.7 Å². The summed E-state index contributed by atoms with van der Waals surface area (Å²) in [6, 6.07) is 8.37. The van der Waals surface area contributed by atoms with Crippen molar-refractivity contribution in [3.8, 4) is 0 Å². The largest absolute Gasteiger partial charge is 0.463 e. The molecule has 1 aliphatic heterocycles. The Hall–Kier alpha value is -2.19. The number of rotatable bonds is 4. The highest BCUT2D eigenvalue weighted by Gasteiger charge is 2.33. The van der Waals surface area contributed by atoms with Crippen molar-refractivity contribution in [2.75, 3.05) is 6.61 Å². The number of allylic oxidation sites excluding steroid dienone is 1. The van der Waals surface area contributed by atoms with Crippen LogP contribution in [0.5, 0.6) is 0 Å². The smallest absolute Gasteiger partial charge is 0.338 e. The lowest BCUT2D eigenvalue weighted by molar-refractivity contribution is -0.139. The zero-order valence-corrected chi connectivity index (χ0v) is 19.2. The highest BCUT2D eigenvalue weighted by atomic mass is 35.5. The minimum Gasteiger partial charge on any atom is -0.463 e. The lowest BCUT2D eigenvalue weighted by Gasteiger charge is -2.23. The van der Waals surface area contributed by atoms with Gasteiger partial charge in [-0.1, -0.05) is 46.7 Å². The van der Waals surface area contributed by atoms with Gasteiger partial charge in [0.25, 0.3) is 5.56 Å². The van der Waals surface area contributed by atoms with Crippen molar-refractivity contribution in [1.29, 1.82) is 0 Å². The second kappa shape index (κ2) is 8.51. The van der Waals surface area contributed by atoms with E-state index in [-0.39, 0.29) is 12.2 Å². The predicted molar refractivity (Wildman–Crippen MR) is 121 cm³/mol. The number of esters is 1. The van der Waals surface area contributed by atoms with Gasteiger partial charge < -0.3 is 4.74 Å². The lowest BCUT2D eigenvalue weighted by atomic mass is 10.0. The number of thiophene rings is 1. The van der Waals surface area contributed by atoms with Gasteiger partial charge in [-0.05, 0) is 43.5 Å². The first kappa shape index (κ1) is 21.1. The minimum absolute atomic E-state index is 0.238. The Morgan fingerprint density at radius 3 is 2.63 bits per heavy atom. The number of thiazole rings is 1. The molecule has 0 N–H and O–H groups in total. The van der Waals surface area contributed by atoms with Crippen LogP contribution in [0, 0.1) is 0 Å². The van der Waals surface area contributed by atoms with Gasteiger partial charge in [-0.25, -0.2) is 9.79 Å². The Labute approximate surface area is 190 Å². The summed E-state index contributed by atoms with van der Waals surface area (Å²) in [5, 5.41) is 2.81. The molecule has 1 aliphatic rings. The number of hydrogen-bond donors (Lipinski definition) is 0. The standard InChI is InChI=1S/C21H16Cl2N2O3S2/c1-3-28-20(27)17-11(2)24-21-25(18(17)15-8-5-9-29-15)19(26)16(30-21)10-12-13(22)6-4-7-14(12)23/h4-10,18H,3H2,1-2H3. The van der Waals surface area contributed by atoms with Crippen LogP contribution in [0.1, 0.15) is 30.3 Å². The Balaban J connectivity index is 1.98. The van der Waals surface area contributed by atoms with Gasteiger partial charge >= 0.3 is 5.97 Å². The van der Waals surface area contributed by atoms with E-state index in [1.807, 2.05) is 17.5 Å². The fourth-order valence-electron chi connectivity index (χ4n) is 3.29. The third-order valence-corrected chi connectivity index (χ3v) is 7.17. The molecular formula is C21H16Cl2N2O3S2. The van der Waals surface area contributed by atoms with Crippen molar-refractivity contribution in [2.24, 2.45) is 4.99 Å². The van der Waals surface area contributed by atoms with Crippen LogP contribution in [-0.4, -0.2) is 17.1 Å². The van der Waals surface area contributed by atoms with E-state index < -0.39 is 12.0 Å². The number of halogens is 2. The van der Waals surface area contributed by atoms with Crippen molar-refractivity contribution >= 4 is 57.9 Å². The Bertz CT molecular complexity index is 1320. The minimum atomic E-state index is -0.593. The van der Waals surface area contributed by atoms with Gasteiger partial charge in [0.05, 0.1) is 22.4 Å². The fraction of sp³-hybridized carbons (Fsp3) is 0.190. The summed E-state index contributed by atoms with van der Waals surface area (Å²) >= 11 is 15.3. The van der Waals surface area contributed by atoms with Crippen LogP contribution in [0.25, 0.3) is 6.08 Å². The molecule has 1 atom stereocenters. The number of nitrogens with zero attached hydrogens (tertiary/aromatic N) is 2. The number of hydrogen-bond acceptors (Lipinski definition) is 6. The summed E-state index contributed by atoms with van der Waals surface area (Å²) < 4.78 is 7.24. The average molecular weight is 479 g/mol. The lowest BCUT2D eigenvalue weighted by Crippen LogP contribution is -2.39. The molecule has 9 heteroatoms. The molecule has 0 bridgehead atoms. The molecular weight excluding hydrogens is 463 g/mol. The predicted octanol–water partition coefficient (Wildman–Crippen LogP) is 4.17. The number of carbonyl (C=O) groups is 1. The van der Waals surface area contributed by atoms with Crippen molar-refractivity contribution in [3.63, 3.8) is 0 Å². The number of fused-ring (bicyclic) bond motifs is 1. The maximum Gasteiger partial charge on any atom is 0.338 e. The molecule has 0 saturated carbocycles. The van der Waals surface area contributed by atoms with Crippen molar-refractivity contribution in [1.82, 2.24) is 4.57 Å². The molecule has 4 rings (SSSR count). The molecule has 1 aromatic carbocycles. The van der Waals surface area contributed by atoms with E-state index in [1.165, 1.54) is 22.7 Å². The van der Waals surface area contributed by atoms with Crippen LogP contribution in [0.3, 0.4) is 0 Å². The fourth-order valence-corrected chi connectivity index (χ4v) is 5.65. The van der Waals surface area contributed by atoms with Gasteiger partial charge in [0.1, 0.15) is 6.04 Å². The number of ether oxygens (including phenoxy) is 1. The number of aromatic nitrogens is 1. The van der Waals surface area contributed by atoms with E-state index >= 15 is 0 Å². The van der Waals surface area contributed by atoms with Crippen LogP contribution in [0.4, 0.5) is 0 Å². The molecule has 0 radical (unpaired) electrons. The third-order valence-electron chi connectivity index (χ3n) is 4.60. The quantitative estimate of drug-likeness (QED) is 0.528. The maximum atomic E-state index is 13.4. The summed E-state index contributed by atoms with van der Waals surface area (Å²) in [5.74, 6) is -0.472. The van der Waals surface area contributed by atoms with Gasteiger partial charge in [0.15, 0.2) is 4.80 Å². The topological polar surface area (TPSA) is 60.7 Å². The normalized spacial score (nSPS) is 16.4. The van der Waals surface area contributed by atoms with Crippen molar-refractivity contribution < 1.29 is 9.53 Å². The molecule has 30 heavy (non-hydrogen) atoms. The summed E-state index contributed by atoms with van der Waals surface area (Å²) in [6.07, 6.45) is 1.67. The first-order valence-corrected chi connectivity index (χ1v) is 11.5.